The molecule has 2 atom stereocenters. The Balaban J connectivity index is 2.08. The maximum atomic E-state index is 9.19. The molecule has 2 rings (SSSR count). The van der Waals surface area contributed by atoms with Gasteiger partial charge in [-0.15, -0.1) is 11.3 Å². The topological polar surface area (TPSA) is 35.8 Å². The molecule has 2 aromatic rings. The fraction of sp³-hybridized carbons (Fsp3) is 0.214. The van der Waals surface area contributed by atoms with Gasteiger partial charge in [0.05, 0.1) is 6.07 Å². The second-order valence-electron chi connectivity index (χ2n) is 3.88. The number of nitrogens with one attached hydrogen (secondary N) is 1. The highest BCUT2D eigenvalue weighted by Crippen LogP contribution is 2.22. The monoisotopic (exact) mass is 242 g/mol. The number of benzene rings is 1. The van der Waals surface area contributed by atoms with Crippen LogP contribution >= 0.6 is 11.3 Å². The summed E-state index contributed by atoms with van der Waals surface area (Å²) in [5, 5.41) is 14.5. The van der Waals surface area contributed by atoms with E-state index < -0.39 is 0 Å². The van der Waals surface area contributed by atoms with Crippen molar-refractivity contribution in [2.24, 2.45) is 0 Å². The molecule has 0 bridgehead atoms. The van der Waals surface area contributed by atoms with Crippen molar-refractivity contribution in [2.75, 3.05) is 0 Å². The Morgan fingerprint density at radius 2 is 1.94 bits per heavy atom. The molecule has 0 aliphatic rings. The molecule has 1 heterocycles. The molecule has 0 radical (unpaired) electrons. The number of hydrogen-bond donors (Lipinski definition) is 1. The summed E-state index contributed by atoms with van der Waals surface area (Å²) < 4.78 is 0. The third-order valence-corrected chi connectivity index (χ3v) is 3.61. The minimum atomic E-state index is -0.231. The Morgan fingerprint density at radius 3 is 2.53 bits per heavy atom. The summed E-state index contributed by atoms with van der Waals surface area (Å²) in [6.45, 7) is 2.08. The summed E-state index contributed by atoms with van der Waals surface area (Å²) in [5.41, 5.74) is 1.20. The van der Waals surface area contributed by atoms with E-state index in [0.717, 1.165) is 4.88 Å². The molecule has 0 saturated carbocycles. The Kier molecular flexibility index (Phi) is 3.92. The number of rotatable bonds is 4. The van der Waals surface area contributed by atoms with Gasteiger partial charge in [0.15, 0.2) is 0 Å². The van der Waals surface area contributed by atoms with Gasteiger partial charge in [-0.2, -0.15) is 5.26 Å². The summed E-state index contributed by atoms with van der Waals surface area (Å²) in [5.74, 6) is 0. The molecule has 0 fully saturated rings. The van der Waals surface area contributed by atoms with Crippen molar-refractivity contribution in [1.29, 1.82) is 5.26 Å². The highest BCUT2D eigenvalue weighted by atomic mass is 32.1. The molecule has 1 N–H and O–H groups in total. The molecule has 1 aromatic carbocycles. The van der Waals surface area contributed by atoms with E-state index >= 15 is 0 Å². The molecule has 3 heteroatoms. The van der Waals surface area contributed by atoms with E-state index in [2.05, 4.69) is 30.4 Å². The first kappa shape index (κ1) is 11.8. The van der Waals surface area contributed by atoms with E-state index in [0.29, 0.717) is 0 Å². The molecular formula is C14H14N2S. The summed E-state index contributed by atoms with van der Waals surface area (Å²) in [7, 11) is 0. The molecule has 17 heavy (non-hydrogen) atoms. The first-order valence-corrected chi connectivity index (χ1v) is 6.43. The van der Waals surface area contributed by atoms with E-state index in [4.69, 9.17) is 0 Å². The van der Waals surface area contributed by atoms with Crippen molar-refractivity contribution in [3.63, 3.8) is 0 Å². The zero-order valence-electron chi connectivity index (χ0n) is 9.63. The normalized spacial score (nSPS) is 13.9. The van der Waals surface area contributed by atoms with Crippen molar-refractivity contribution >= 4 is 11.3 Å². The highest BCUT2D eigenvalue weighted by Gasteiger charge is 2.15. The van der Waals surface area contributed by atoms with Crippen molar-refractivity contribution in [1.82, 2.24) is 5.32 Å². The summed E-state index contributed by atoms with van der Waals surface area (Å²) in [6, 6.07) is 16.4. The van der Waals surface area contributed by atoms with Crippen molar-refractivity contribution in [3.8, 4) is 6.07 Å². The van der Waals surface area contributed by atoms with Crippen LogP contribution in [0.15, 0.2) is 47.8 Å². The number of thiophene rings is 1. The predicted octanol–water partition coefficient (Wildman–Crippen LogP) is 3.66. The standard InChI is InChI=1S/C14H14N2S/c1-11(12-6-3-2-4-7-12)16-13(10-15)14-8-5-9-17-14/h2-9,11,13,16H,1H3. The van der Waals surface area contributed by atoms with Crippen LogP contribution in [0, 0.1) is 11.3 Å². The lowest BCUT2D eigenvalue weighted by Crippen LogP contribution is -2.22. The maximum absolute atomic E-state index is 9.19. The average molecular weight is 242 g/mol. The molecule has 2 unspecified atom stereocenters. The second-order valence-corrected chi connectivity index (χ2v) is 4.86. The van der Waals surface area contributed by atoms with Gasteiger partial charge in [0, 0.05) is 10.9 Å². The minimum Gasteiger partial charge on any atom is -0.291 e. The Morgan fingerprint density at radius 1 is 1.18 bits per heavy atom. The lowest BCUT2D eigenvalue weighted by molar-refractivity contribution is 0.538. The van der Waals surface area contributed by atoms with Crippen LogP contribution < -0.4 is 5.32 Å². The fourth-order valence-electron chi connectivity index (χ4n) is 1.73. The van der Waals surface area contributed by atoms with E-state index in [1.807, 2.05) is 35.7 Å². The van der Waals surface area contributed by atoms with Gasteiger partial charge in [-0.25, -0.2) is 0 Å². The van der Waals surface area contributed by atoms with E-state index in [9.17, 15) is 5.26 Å². The van der Waals surface area contributed by atoms with Gasteiger partial charge in [0.1, 0.15) is 6.04 Å². The molecule has 0 aliphatic carbocycles. The molecule has 0 spiro atoms. The van der Waals surface area contributed by atoms with Crippen LogP contribution in [0.1, 0.15) is 29.4 Å². The van der Waals surface area contributed by atoms with Crippen molar-refractivity contribution in [3.05, 3.63) is 58.3 Å². The van der Waals surface area contributed by atoms with Crippen LogP contribution in [-0.2, 0) is 0 Å². The molecular weight excluding hydrogens is 228 g/mol. The molecule has 0 aliphatic heterocycles. The quantitative estimate of drug-likeness (QED) is 0.888. The van der Waals surface area contributed by atoms with Gasteiger partial charge < -0.3 is 0 Å². The largest absolute Gasteiger partial charge is 0.291 e. The van der Waals surface area contributed by atoms with Gasteiger partial charge >= 0.3 is 0 Å². The van der Waals surface area contributed by atoms with Crippen LogP contribution in [0.3, 0.4) is 0 Å². The second kappa shape index (κ2) is 5.62. The third kappa shape index (κ3) is 2.94. The zero-order valence-corrected chi connectivity index (χ0v) is 10.4. The molecule has 86 valence electrons. The molecule has 1 aromatic heterocycles. The Bertz CT molecular complexity index is 485. The van der Waals surface area contributed by atoms with Crippen LogP contribution in [0.2, 0.25) is 0 Å². The first-order chi connectivity index (χ1) is 8.31. The lowest BCUT2D eigenvalue weighted by atomic mass is 10.1. The van der Waals surface area contributed by atoms with Gasteiger partial charge in [-0.3, -0.25) is 5.32 Å². The van der Waals surface area contributed by atoms with Crippen LogP contribution in [-0.4, -0.2) is 0 Å². The highest BCUT2D eigenvalue weighted by molar-refractivity contribution is 7.10. The van der Waals surface area contributed by atoms with Crippen LogP contribution in [0.5, 0.6) is 0 Å². The third-order valence-electron chi connectivity index (χ3n) is 2.67. The van der Waals surface area contributed by atoms with Gasteiger partial charge in [-0.1, -0.05) is 36.4 Å². The number of nitrogens with zero attached hydrogens (tertiary/aromatic N) is 1. The minimum absolute atomic E-state index is 0.169. The fourth-order valence-corrected chi connectivity index (χ4v) is 2.45. The first-order valence-electron chi connectivity index (χ1n) is 5.55. The Labute approximate surface area is 106 Å². The number of hydrogen-bond acceptors (Lipinski definition) is 3. The summed E-state index contributed by atoms with van der Waals surface area (Å²) in [6.07, 6.45) is 0. The SMILES string of the molecule is CC(NC(C#N)c1cccs1)c1ccccc1. The van der Waals surface area contributed by atoms with Gasteiger partial charge in [-0.05, 0) is 23.9 Å². The molecule has 0 saturated heterocycles. The van der Waals surface area contributed by atoms with Crippen molar-refractivity contribution in [2.45, 2.75) is 19.0 Å². The smallest absolute Gasteiger partial charge is 0.131 e. The Hall–Kier alpha value is -1.63. The van der Waals surface area contributed by atoms with Crippen LogP contribution in [0.4, 0.5) is 0 Å². The zero-order chi connectivity index (χ0) is 12.1. The molecule has 2 nitrogen and oxygen atoms in total. The molecule has 0 amide bonds. The maximum Gasteiger partial charge on any atom is 0.131 e. The van der Waals surface area contributed by atoms with E-state index in [1.54, 1.807) is 11.3 Å². The number of nitriles is 1. The average Bonchev–Trinajstić information content (AvgIpc) is 2.90. The van der Waals surface area contributed by atoms with E-state index in [-0.39, 0.29) is 12.1 Å². The van der Waals surface area contributed by atoms with Gasteiger partial charge in [0.25, 0.3) is 0 Å². The van der Waals surface area contributed by atoms with Crippen molar-refractivity contribution < 1.29 is 0 Å². The van der Waals surface area contributed by atoms with E-state index in [1.165, 1.54) is 5.56 Å². The van der Waals surface area contributed by atoms with Crippen LogP contribution in [0.25, 0.3) is 0 Å². The predicted molar refractivity (Wildman–Crippen MR) is 70.7 cm³/mol. The van der Waals surface area contributed by atoms with Gasteiger partial charge in [0.2, 0.25) is 0 Å². The lowest BCUT2D eigenvalue weighted by Gasteiger charge is -2.17. The summed E-state index contributed by atoms with van der Waals surface area (Å²) >= 11 is 1.61. The summed E-state index contributed by atoms with van der Waals surface area (Å²) in [4.78, 5) is 1.07.